The van der Waals surface area contributed by atoms with E-state index in [1.807, 2.05) is 127 Å². The molecule has 62 heavy (non-hydrogen) atoms. The number of aliphatic hydroxyl groups excluding tert-OH is 2. The summed E-state index contributed by atoms with van der Waals surface area (Å²) in [5.74, 6) is 0.150. The van der Waals surface area contributed by atoms with Crippen molar-refractivity contribution in [1.82, 2.24) is 24.8 Å². The highest BCUT2D eigenvalue weighted by atomic mass is 16.3. The molecule has 6 aromatic carbocycles. The van der Waals surface area contributed by atoms with E-state index in [2.05, 4.69) is 25.6 Å². The Morgan fingerprint density at radius 1 is 0.548 bits per heavy atom. The van der Waals surface area contributed by atoms with Gasteiger partial charge < -0.3 is 35.3 Å². The summed E-state index contributed by atoms with van der Waals surface area (Å²) < 4.78 is 0. The van der Waals surface area contributed by atoms with Crippen molar-refractivity contribution in [2.75, 3.05) is 10.6 Å². The summed E-state index contributed by atoms with van der Waals surface area (Å²) in [7, 11) is 0. The summed E-state index contributed by atoms with van der Waals surface area (Å²) in [5, 5.41) is 31.3. The van der Waals surface area contributed by atoms with Gasteiger partial charge in [0.25, 0.3) is 11.8 Å². The molecule has 1 aliphatic heterocycles. The first-order valence-corrected chi connectivity index (χ1v) is 20.6. The van der Waals surface area contributed by atoms with Crippen LogP contribution < -0.4 is 10.6 Å². The highest BCUT2D eigenvalue weighted by Gasteiger charge is 2.46. The number of anilines is 2. The number of aromatic amines is 2. The van der Waals surface area contributed by atoms with Crippen LogP contribution in [0.4, 0.5) is 16.6 Å². The van der Waals surface area contributed by atoms with Crippen LogP contribution in [0.5, 0.6) is 0 Å². The van der Waals surface area contributed by atoms with Gasteiger partial charge in [0.1, 0.15) is 18.0 Å². The normalized spacial score (nSPS) is 17.9. The molecular formula is C50H45N7O5. The van der Waals surface area contributed by atoms with Crippen LogP contribution in [-0.4, -0.2) is 77.1 Å². The predicted octanol–water partition coefficient (Wildman–Crippen LogP) is 7.93. The SMILES string of the molecule is O=C(Nc1cc2ccccc2[nH]1)c1cccc(CN2C(=O)N(Cc3cccc(C(=O)Nc4nc5ccccc5[nH]4)c3)[C@H](Cc3ccccc3)[C@H](O)[C@@H](O)[C@H]2Cc2ccccc2)c1. The molecule has 0 saturated carbocycles. The number of hydrogen-bond acceptors (Lipinski definition) is 6. The first-order chi connectivity index (χ1) is 30.3. The molecule has 3 heterocycles. The quantitative estimate of drug-likeness (QED) is 0.0732. The number of amides is 4. The maximum absolute atomic E-state index is 15.4. The van der Waals surface area contributed by atoms with Crippen molar-refractivity contribution in [3.63, 3.8) is 0 Å². The molecule has 2 aromatic heterocycles. The Bertz CT molecular complexity index is 2600. The van der Waals surface area contributed by atoms with Crippen molar-refractivity contribution < 1.29 is 24.6 Å². The number of nitrogens with one attached hydrogen (secondary N) is 4. The van der Waals surface area contributed by atoms with Gasteiger partial charge in [0.05, 0.1) is 23.1 Å². The van der Waals surface area contributed by atoms with Crippen molar-refractivity contribution in [2.24, 2.45) is 0 Å². The first-order valence-electron chi connectivity index (χ1n) is 20.6. The Balaban J connectivity index is 1.04. The largest absolute Gasteiger partial charge is 0.388 e. The molecule has 0 radical (unpaired) electrons. The molecule has 0 spiro atoms. The number of fused-ring (bicyclic) bond motifs is 2. The van der Waals surface area contributed by atoms with Crippen LogP contribution in [0.15, 0.2) is 164 Å². The van der Waals surface area contributed by atoms with Crippen LogP contribution in [0, 0.1) is 0 Å². The lowest BCUT2D eigenvalue weighted by Crippen LogP contribution is -2.50. The van der Waals surface area contributed by atoms with Gasteiger partial charge >= 0.3 is 6.03 Å². The number of para-hydroxylation sites is 3. The molecule has 12 heteroatoms. The summed E-state index contributed by atoms with van der Waals surface area (Å²) in [6.07, 6.45) is -2.20. The van der Waals surface area contributed by atoms with Crippen LogP contribution in [0.25, 0.3) is 21.9 Å². The number of carbonyl (C=O) groups is 3. The summed E-state index contributed by atoms with van der Waals surface area (Å²) >= 11 is 0. The third-order valence-electron chi connectivity index (χ3n) is 11.5. The van der Waals surface area contributed by atoms with E-state index in [1.54, 1.807) is 46.2 Å². The number of urea groups is 1. The van der Waals surface area contributed by atoms with E-state index in [-0.39, 0.29) is 37.7 Å². The van der Waals surface area contributed by atoms with E-state index in [0.717, 1.165) is 33.1 Å². The second-order valence-corrected chi connectivity index (χ2v) is 15.7. The molecule has 8 aromatic rings. The van der Waals surface area contributed by atoms with Crippen molar-refractivity contribution in [1.29, 1.82) is 0 Å². The molecule has 0 aliphatic carbocycles. The number of aromatic nitrogens is 3. The predicted molar refractivity (Wildman–Crippen MR) is 240 cm³/mol. The number of hydrogen-bond donors (Lipinski definition) is 6. The van der Waals surface area contributed by atoms with Crippen molar-refractivity contribution >= 4 is 51.5 Å². The molecule has 0 unspecified atom stereocenters. The van der Waals surface area contributed by atoms with Crippen LogP contribution >= 0.6 is 0 Å². The third kappa shape index (κ3) is 8.69. The Morgan fingerprint density at radius 3 is 1.61 bits per heavy atom. The lowest BCUT2D eigenvalue weighted by Gasteiger charge is -2.36. The van der Waals surface area contributed by atoms with Gasteiger partial charge in [-0.1, -0.05) is 115 Å². The average Bonchev–Trinajstić information content (AvgIpc) is 3.90. The van der Waals surface area contributed by atoms with Gasteiger partial charge in [0.2, 0.25) is 5.95 Å². The monoisotopic (exact) mass is 823 g/mol. The number of carbonyl (C=O) groups excluding carboxylic acids is 3. The summed E-state index contributed by atoms with van der Waals surface area (Å²) in [5.41, 5.74) is 6.21. The maximum Gasteiger partial charge on any atom is 0.321 e. The van der Waals surface area contributed by atoms with Gasteiger partial charge in [-0.05, 0) is 83.6 Å². The first kappa shape index (κ1) is 39.9. The topological polar surface area (TPSA) is 167 Å². The van der Waals surface area contributed by atoms with Gasteiger partial charge in [-0.15, -0.1) is 0 Å². The lowest BCUT2D eigenvalue weighted by atomic mass is 9.90. The number of rotatable bonds is 12. The summed E-state index contributed by atoms with van der Waals surface area (Å²) in [6.45, 7) is 0.0511. The zero-order chi connectivity index (χ0) is 42.6. The van der Waals surface area contributed by atoms with Gasteiger partial charge in [0.15, 0.2) is 0 Å². The van der Waals surface area contributed by atoms with E-state index in [0.29, 0.717) is 34.0 Å². The number of H-pyrrole nitrogens is 2. The number of aliphatic hydroxyl groups is 2. The van der Waals surface area contributed by atoms with E-state index in [4.69, 9.17) is 0 Å². The number of imidazole rings is 1. The van der Waals surface area contributed by atoms with Crippen molar-refractivity contribution in [2.45, 2.75) is 50.2 Å². The molecule has 9 rings (SSSR count). The highest BCUT2D eigenvalue weighted by Crippen LogP contribution is 2.31. The van der Waals surface area contributed by atoms with Crippen LogP contribution in [-0.2, 0) is 25.9 Å². The lowest BCUT2D eigenvalue weighted by molar-refractivity contribution is -0.0408. The standard InChI is InChI=1S/C50H45N7O5/c58-45-42(27-32-13-3-1-4-14-32)56(30-34-17-11-20-37(25-34)47(60)54-44-29-36-19-7-8-22-39(36)51-44)50(62)57(43(46(45)59)28-33-15-5-2-6-16-33)31-35-18-12-21-38(26-35)48(61)55-49-52-40-23-9-10-24-41(40)53-49/h1-26,29,42-43,45-46,51,58-59H,27-28,30-31H2,(H,54,60)(H2,52,53,55,61)/t42-,43-,45+,46+/m1/s1. The minimum absolute atomic E-state index is 0.0212. The molecule has 0 bridgehead atoms. The molecule has 1 aliphatic rings. The van der Waals surface area contributed by atoms with Gasteiger partial charge in [-0.2, -0.15) is 0 Å². The Morgan fingerprint density at radius 2 is 1.05 bits per heavy atom. The van der Waals surface area contributed by atoms with E-state index in [1.165, 1.54) is 0 Å². The fourth-order valence-electron chi connectivity index (χ4n) is 8.36. The number of benzene rings is 6. The molecular weight excluding hydrogens is 779 g/mol. The van der Waals surface area contributed by atoms with Gasteiger partial charge in [-0.25, -0.2) is 9.78 Å². The molecule has 1 saturated heterocycles. The Hall–Kier alpha value is -7.54. The van der Waals surface area contributed by atoms with E-state index < -0.39 is 30.3 Å². The molecule has 12 nitrogen and oxygen atoms in total. The number of nitrogens with zero attached hydrogens (tertiary/aromatic N) is 3. The molecule has 4 atom stereocenters. The second-order valence-electron chi connectivity index (χ2n) is 15.7. The smallest absolute Gasteiger partial charge is 0.321 e. The minimum Gasteiger partial charge on any atom is -0.388 e. The second kappa shape index (κ2) is 17.6. The summed E-state index contributed by atoms with van der Waals surface area (Å²) in [4.78, 5) is 56.6. The maximum atomic E-state index is 15.4. The van der Waals surface area contributed by atoms with Gasteiger partial charge in [-0.3, -0.25) is 14.9 Å². The zero-order valence-corrected chi connectivity index (χ0v) is 33.7. The fraction of sp³-hybridized carbons (Fsp3) is 0.160. The molecule has 6 N–H and O–H groups in total. The zero-order valence-electron chi connectivity index (χ0n) is 33.7. The van der Waals surface area contributed by atoms with Crippen LogP contribution in [0.1, 0.15) is 43.0 Å². The average molecular weight is 824 g/mol. The van der Waals surface area contributed by atoms with E-state index >= 15 is 4.79 Å². The molecule has 310 valence electrons. The van der Waals surface area contributed by atoms with Crippen LogP contribution in [0.2, 0.25) is 0 Å². The van der Waals surface area contributed by atoms with Crippen LogP contribution in [0.3, 0.4) is 0 Å². The minimum atomic E-state index is -1.36. The van der Waals surface area contributed by atoms with Gasteiger partial charge in [0, 0.05) is 35.1 Å². The highest BCUT2D eigenvalue weighted by molar-refractivity contribution is 6.05. The molecule has 4 amide bonds. The third-order valence-corrected chi connectivity index (χ3v) is 11.5. The Labute approximate surface area is 357 Å². The Kier molecular flexibility index (Phi) is 11.3. The van der Waals surface area contributed by atoms with Crippen molar-refractivity contribution in [3.8, 4) is 0 Å². The molecule has 1 fully saturated rings. The fourth-order valence-corrected chi connectivity index (χ4v) is 8.36. The van der Waals surface area contributed by atoms with E-state index in [9.17, 15) is 19.8 Å². The summed E-state index contributed by atoms with van der Waals surface area (Å²) in [6, 6.07) is 48.2. The van der Waals surface area contributed by atoms with Crippen molar-refractivity contribution in [3.05, 3.63) is 197 Å².